The summed E-state index contributed by atoms with van der Waals surface area (Å²) in [7, 11) is 0. The van der Waals surface area contributed by atoms with Crippen LogP contribution >= 0.6 is 0 Å². The lowest BCUT2D eigenvalue weighted by molar-refractivity contribution is 0.102. The van der Waals surface area contributed by atoms with Gasteiger partial charge < -0.3 is 5.32 Å². The van der Waals surface area contributed by atoms with Crippen molar-refractivity contribution in [1.29, 1.82) is 0 Å². The van der Waals surface area contributed by atoms with E-state index < -0.39 is 0 Å². The Morgan fingerprint density at radius 2 is 1.43 bits per heavy atom. The summed E-state index contributed by atoms with van der Waals surface area (Å²) >= 11 is 0. The summed E-state index contributed by atoms with van der Waals surface area (Å²) in [5.74, 6) is -0.168. The third-order valence-corrected chi connectivity index (χ3v) is 4.78. The third-order valence-electron chi connectivity index (χ3n) is 4.78. The highest BCUT2D eigenvalue weighted by Gasteiger charge is 2.21. The van der Waals surface area contributed by atoms with Crippen LogP contribution in [0.15, 0.2) is 85.1 Å². The first-order chi connectivity index (χ1) is 13.6. The fourth-order valence-electron chi connectivity index (χ4n) is 3.35. The Labute approximate surface area is 164 Å². The number of amides is 1. The predicted molar refractivity (Wildman–Crippen MR) is 113 cm³/mol. The van der Waals surface area contributed by atoms with Crippen molar-refractivity contribution in [3.05, 3.63) is 102 Å². The van der Waals surface area contributed by atoms with Crippen LogP contribution in [0.1, 0.15) is 21.5 Å². The van der Waals surface area contributed by atoms with Gasteiger partial charge in [0.2, 0.25) is 0 Å². The fraction of sp³-hybridized carbons (Fsp3) is 0.0833. The molecule has 0 saturated heterocycles. The summed E-state index contributed by atoms with van der Waals surface area (Å²) in [6.07, 6.45) is 1.64. The topological polar surface area (TPSA) is 46.9 Å². The normalized spacial score (nSPS) is 10.6. The zero-order valence-electron chi connectivity index (χ0n) is 15.9. The monoisotopic (exact) mass is 367 g/mol. The molecule has 0 saturated carbocycles. The molecule has 1 N–H and O–H groups in total. The SMILES string of the molecule is Cc1cccc(C)c1NC(=O)c1cnn(-c2ccccc2)c1-c1ccccc1. The van der Waals surface area contributed by atoms with Crippen molar-refractivity contribution in [3.63, 3.8) is 0 Å². The molecular formula is C24H21N3O. The van der Waals surface area contributed by atoms with Gasteiger partial charge in [-0.15, -0.1) is 0 Å². The predicted octanol–water partition coefficient (Wildman–Crippen LogP) is 5.41. The van der Waals surface area contributed by atoms with Crippen LogP contribution in [-0.2, 0) is 0 Å². The van der Waals surface area contributed by atoms with E-state index >= 15 is 0 Å². The molecule has 4 heteroatoms. The molecule has 0 bridgehead atoms. The van der Waals surface area contributed by atoms with E-state index in [9.17, 15) is 4.79 Å². The maximum Gasteiger partial charge on any atom is 0.259 e. The molecule has 1 heterocycles. The minimum Gasteiger partial charge on any atom is -0.321 e. The van der Waals surface area contributed by atoms with Crippen molar-refractivity contribution in [1.82, 2.24) is 9.78 Å². The highest BCUT2D eigenvalue weighted by Crippen LogP contribution is 2.28. The van der Waals surface area contributed by atoms with Crippen molar-refractivity contribution >= 4 is 11.6 Å². The number of hydrogen-bond donors (Lipinski definition) is 1. The molecule has 1 aromatic heterocycles. The second-order valence-electron chi connectivity index (χ2n) is 6.74. The number of carbonyl (C=O) groups excluding carboxylic acids is 1. The molecule has 3 aromatic carbocycles. The van der Waals surface area contributed by atoms with Gasteiger partial charge in [-0.1, -0.05) is 66.7 Å². The number of aromatic nitrogens is 2. The first kappa shape index (κ1) is 17.7. The minimum atomic E-state index is -0.168. The van der Waals surface area contributed by atoms with E-state index in [0.717, 1.165) is 33.8 Å². The molecule has 0 aliphatic carbocycles. The minimum absolute atomic E-state index is 0.168. The van der Waals surface area contributed by atoms with Gasteiger partial charge in [-0.25, -0.2) is 4.68 Å². The Kier molecular flexibility index (Phi) is 4.77. The van der Waals surface area contributed by atoms with E-state index in [2.05, 4.69) is 10.4 Å². The Bertz CT molecular complexity index is 1100. The second-order valence-corrected chi connectivity index (χ2v) is 6.74. The molecule has 0 spiro atoms. The average molecular weight is 367 g/mol. The van der Waals surface area contributed by atoms with E-state index in [-0.39, 0.29) is 5.91 Å². The van der Waals surface area contributed by atoms with Crippen LogP contribution in [0.5, 0.6) is 0 Å². The summed E-state index contributed by atoms with van der Waals surface area (Å²) in [6, 6.07) is 25.7. The Balaban J connectivity index is 1.81. The van der Waals surface area contributed by atoms with Crippen LogP contribution in [-0.4, -0.2) is 15.7 Å². The first-order valence-corrected chi connectivity index (χ1v) is 9.21. The number of carbonyl (C=O) groups is 1. The molecule has 138 valence electrons. The van der Waals surface area contributed by atoms with E-state index in [1.54, 1.807) is 6.20 Å². The molecule has 0 radical (unpaired) electrons. The highest BCUT2D eigenvalue weighted by molar-refractivity contribution is 6.08. The number of rotatable bonds is 4. The number of aryl methyl sites for hydroxylation is 2. The van der Waals surface area contributed by atoms with Crippen LogP contribution in [0.4, 0.5) is 5.69 Å². The van der Waals surface area contributed by atoms with Gasteiger partial charge >= 0.3 is 0 Å². The zero-order valence-corrected chi connectivity index (χ0v) is 15.9. The number of nitrogens with zero attached hydrogens (tertiary/aromatic N) is 2. The molecule has 1 amide bonds. The van der Waals surface area contributed by atoms with Crippen molar-refractivity contribution in [3.8, 4) is 16.9 Å². The summed E-state index contributed by atoms with van der Waals surface area (Å²) in [5, 5.41) is 7.60. The van der Waals surface area contributed by atoms with Gasteiger partial charge in [0.1, 0.15) is 0 Å². The summed E-state index contributed by atoms with van der Waals surface area (Å²) in [4.78, 5) is 13.2. The van der Waals surface area contributed by atoms with Crippen LogP contribution in [0.2, 0.25) is 0 Å². The second kappa shape index (κ2) is 7.53. The fourth-order valence-corrected chi connectivity index (χ4v) is 3.35. The third kappa shape index (κ3) is 3.32. The molecule has 0 unspecified atom stereocenters. The largest absolute Gasteiger partial charge is 0.321 e. The van der Waals surface area contributed by atoms with Crippen molar-refractivity contribution in [2.24, 2.45) is 0 Å². The maximum absolute atomic E-state index is 13.2. The highest BCUT2D eigenvalue weighted by atomic mass is 16.1. The van der Waals surface area contributed by atoms with Gasteiger partial charge in [-0.2, -0.15) is 5.10 Å². The lowest BCUT2D eigenvalue weighted by atomic mass is 10.1. The van der Waals surface area contributed by atoms with Crippen LogP contribution < -0.4 is 5.32 Å². The summed E-state index contributed by atoms with van der Waals surface area (Å²) in [5.41, 5.74) is 6.07. The lowest BCUT2D eigenvalue weighted by Gasteiger charge is -2.13. The lowest BCUT2D eigenvalue weighted by Crippen LogP contribution is -2.14. The van der Waals surface area contributed by atoms with E-state index in [1.807, 2.05) is 97.4 Å². The van der Waals surface area contributed by atoms with Crippen LogP contribution in [0, 0.1) is 13.8 Å². The molecule has 4 rings (SSSR count). The number of para-hydroxylation sites is 2. The quantitative estimate of drug-likeness (QED) is 0.524. The van der Waals surface area contributed by atoms with Gasteiger partial charge in [0.15, 0.2) is 0 Å². The van der Waals surface area contributed by atoms with Gasteiger partial charge in [-0.3, -0.25) is 4.79 Å². The number of nitrogens with one attached hydrogen (secondary N) is 1. The Morgan fingerprint density at radius 1 is 0.821 bits per heavy atom. The molecule has 0 aliphatic heterocycles. The van der Waals surface area contributed by atoms with Crippen LogP contribution in [0.3, 0.4) is 0 Å². The average Bonchev–Trinajstić information content (AvgIpc) is 3.17. The van der Waals surface area contributed by atoms with Gasteiger partial charge in [0.25, 0.3) is 5.91 Å². The van der Waals surface area contributed by atoms with E-state index in [0.29, 0.717) is 5.56 Å². The van der Waals surface area contributed by atoms with Gasteiger partial charge in [0, 0.05) is 11.3 Å². The maximum atomic E-state index is 13.2. The Morgan fingerprint density at radius 3 is 2.07 bits per heavy atom. The smallest absolute Gasteiger partial charge is 0.259 e. The summed E-state index contributed by atoms with van der Waals surface area (Å²) in [6.45, 7) is 3.99. The van der Waals surface area contributed by atoms with Crippen molar-refractivity contribution < 1.29 is 4.79 Å². The molecule has 0 aliphatic rings. The number of benzene rings is 3. The van der Waals surface area contributed by atoms with Crippen molar-refractivity contribution in [2.75, 3.05) is 5.32 Å². The number of hydrogen-bond acceptors (Lipinski definition) is 2. The molecular weight excluding hydrogens is 346 g/mol. The van der Waals surface area contributed by atoms with Gasteiger partial charge in [-0.05, 0) is 37.1 Å². The molecule has 28 heavy (non-hydrogen) atoms. The van der Waals surface area contributed by atoms with Crippen molar-refractivity contribution in [2.45, 2.75) is 13.8 Å². The van der Waals surface area contributed by atoms with E-state index in [4.69, 9.17) is 0 Å². The molecule has 0 atom stereocenters. The molecule has 4 aromatic rings. The summed E-state index contributed by atoms with van der Waals surface area (Å²) < 4.78 is 1.81. The first-order valence-electron chi connectivity index (χ1n) is 9.21. The zero-order chi connectivity index (χ0) is 19.5. The Hall–Kier alpha value is -3.66. The van der Waals surface area contributed by atoms with Crippen LogP contribution in [0.25, 0.3) is 16.9 Å². The molecule has 4 nitrogen and oxygen atoms in total. The number of anilines is 1. The standard InChI is InChI=1S/C24H21N3O/c1-17-10-9-11-18(2)22(17)26-24(28)21-16-25-27(20-14-7-4-8-15-20)23(21)19-12-5-3-6-13-19/h3-16H,1-2H3,(H,26,28). The van der Waals surface area contributed by atoms with E-state index in [1.165, 1.54) is 0 Å². The molecule has 0 fully saturated rings. The van der Waals surface area contributed by atoms with Gasteiger partial charge in [0.05, 0.1) is 23.1 Å².